The fourth-order valence-corrected chi connectivity index (χ4v) is 2.83. The molecule has 0 radical (unpaired) electrons. The van der Waals surface area contributed by atoms with Crippen LogP contribution in [-0.4, -0.2) is 11.1 Å². The minimum atomic E-state index is -0.770. The van der Waals surface area contributed by atoms with Crippen LogP contribution in [0, 0.1) is 35.0 Å². The smallest absolute Gasteiger partial charge is 0.308 e. The standard InChI is InChI=1S/C9H11NO2/c10-4-7-5-1-2-6(3-5)8(7)9(11)12/h5-8H,1-3H2,(H,11,12)/t5-,6+,7-,8+/m1/s1. The van der Waals surface area contributed by atoms with Crippen molar-refractivity contribution in [3.8, 4) is 6.07 Å². The van der Waals surface area contributed by atoms with Crippen LogP contribution in [-0.2, 0) is 4.79 Å². The van der Waals surface area contributed by atoms with Crippen LogP contribution in [0.1, 0.15) is 19.3 Å². The van der Waals surface area contributed by atoms with Crippen LogP contribution in [0.5, 0.6) is 0 Å². The van der Waals surface area contributed by atoms with Crippen LogP contribution in [0.2, 0.25) is 0 Å². The Kier molecular flexibility index (Phi) is 1.57. The molecule has 0 aromatic heterocycles. The van der Waals surface area contributed by atoms with Crippen molar-refractivity contribution < 1.29 is 9.90 Å². The molecule has 0 aromatic rings. The second kappa shape index (κ2) is 2.48. The number of hydrogen-bond donors (Lipinski definition) is 1. The molecule has 0 heterocycles. The first kappa shape index (κ1) is 7.60. The Bertz CT molecular complexity index is 256. The molecule has 3 heteroatoms. The van der Waals surface area contributed by atoms with E-state index in [9.17, 15) is 4.79 Å². The lowest BCUT2D eigenvalue weighted by molar-refractivity contribution is -0.144. The molecule has 2 aliphatic carbocycles. The highest BCUT2D eigenvalue weighted by molar-refractivity contribution is 5.72. The number of aliphatic carboxylic acids is 1. The van der Waals surface area contributed by atoms with Crippen LogP contribution in [0.3, 0.4) is 0 Å². The van der Waals surface area contributed by atoms with Gasteiger partial charge in [-0.3, -0.25) is 4.79 Å². The van der Waals surface area contributed by atoms with Crippen molar-refractivity contribution >= 4 is 5.97 Å². The largest absolute Gasteiger partial charge is 0.481 e. The van der Waals surface area contributed by atoms with Gasteiger partial charge in [0.2, 0.25) is 0 Å². The number of fused-ring (bicyclic) bond motifs is 2. The predicted molar refractivity (Wildman–Crippen MR) is 41.1 cm³/mol. The summed E-state index contributed by atoms with van der Waals surface area (Å²) in [6, 6.07) is 2.15. The summed E-state index contributed by atoms with van der Waals surface area (Å²) in [5, 5.41) is 17.7. The fraction of sp³-hybridized carbons (Fsp3) is 0.778. The zero-order valence-electron chi connectivity index (χ0n) is 6.73. The van der Waals surface area contributed by atoms with Gasteiger partial charge >= 0.3 is 5.97 Å². The molecule has 12 heavy (non-hydrogen) atoms. The van der Waals surface area contributed by atoms with Crippen molar-refractivity contribution in [1.82, 2.24) is 0 Å². The van der Waals surface area contributed by atoms with Crippen LogP contribution >= 0.6 is 0 Å². The fourth-order valence-electron chi connectivity index (χ4n) is 2.83. The molecular weight excluding hydrogens is 154 g/mol. The van der Waals surface area contributed by atoms with Gasteiger partial charge in [0.05, 0.1) is 17.9 Å². The number of nitriles is 1. The Morgan fingerprint density at radius 2 is 2.08 bits per heavy atom. The second-order valence-corrected chi connectivity index (χ2v) is 3.85. The minimum Gasteiger partial charge on any atom is -0.481 e. The van der Waals surface area contributed by atoms with E-state index in [1.54, 1.807) is 0 Å². The molecule has 2 bridgehead atoms. The molecule has 0 aliphatic heterocycles. The van der Waals surface area contributed by atoms with Gasteiger partial charge in [0.25, 0.3) is 0 Å². The average molecular weight is 165 g/mol. The first-order valence-electron chi connectivity index (χ1n) is 4.36. The predicted octanol–water partition coefficient (Wildman–Crippen LogP) is 1.26. The first-order valence-corrected chi connectivity index (χ1v) is 4.36. The molecule has 0 amide bonds. The second-order valence-electron chi connectivity index (χ2n) is 3.85. The number of carboxylic acid groups (broad SMARTS) is 1. The average Bonchev–Trinajstić information content (AvgIpc) is 2.60. The van der Waals surface area contributed by atoms with E-state index >= 15 is 0 Å². The molecular formula is C9H11NO2. The molecule has 1 N–H and O–H groups in total. The van der Waals surface area contributed by atoms with Crippen molar-refractivity contribution in [3.63, 3.8) is 0 Å². The van der Waals surface area contributed by atoms with Crippen molar-refractivity contribution in [3.05, 3.63) is 0 Å². The SMILES string of the molecule is N#C[C@@H]1[C@@H]2CC[C@@H](C2)[C@@H]1C(=O)O. The highest BCUT2D eigenvalue weighted by atomic mass is 16.4. The summed E-state index contributed by atoms with van der Waals surface area (Å²) in [5.41, 5.74) is 0. The van der Waals surface area contributed by atoms with Crippen LogP contribution in [0.15, 0.2) is 0 Å². The number of nitrogens with zero attached hydrogens (tertiary/aromatic N) is 1. The maximum absolute atomic E-state index is 10.8. The molecule has 0 saturated heterocycles. The highest BCUT2D eigenvalue weighted by Gasteiger charge is 2.51. The summed E-state index contributed by atoms with van der Waals surface area (Å²) < 4.78 is 0. The third-order valence-corrected chi connectivity index (χ3v) is 3.35. The van der Waals surface area contributed by atoms with Gasteiger partial charge in [0.1, 0.15) is 0 Å². The zero-order chi connectivity index (χ0) is 8.72. The molecule has 2 fully saturated rings. The maximum Gasteiger partial charge on any atom is 0.308 e. The van der Waals surface area contributed by atoms with E-state index < -0.39 is 5.97 Å². The van der Waals surface area contributed by atoms with Gasteiger partial charge in [0.15, 0.2) is 0 Å². The quantitative estimate of drug-likeness (QED) is 0.636. The van der Waals surface area contributed by atoms with Crippen molar-refractivity contribution in [1.29, 1.82) is 5.26 Å². The number of carbonyl (C=O) groups is 1. The molecule has 2 saturated carbocycles. The highest BCUT2D eigenvalue weighted by Crippen LogP contribution is 2.51. The lowest BCUT2D eigenvalue weighted by Crippen LogP contribution is -2.28. The lowest BCUT2D eigenvalue weighted by atomic mass is 9.80. The van der Waals surface area contributed by atoms with Gasteiger partial charge in [-0.1, -0.05) is 0 Å². The lowest BCUT2D eigenvalue weighted by Gasteiger charge is -2.21. The Labute approximate surface area is 71.0 Å². The van der Waals surface area contributed by atoms with Crippen molar-refractivity contribution in [2.45, 2.75) is 19.3 Å². The molecule has 4 atom stereocenters. The van der Waals surface area contributed by atoms with Gasteiger partial charge < -0.3 is 5.11 Å². The van der Waals surface area contributed by atoms with Crippen molar-refractivity contribution in [2.24, 2.45) is 23.7 Å². The first-order chi connectivity index (χ1) is 5.74. The third-order valence-electron chi connectivity index (χ3n) is 3.35. The molecule has 2 aliphatic rings. The molecule has 0 spiro atoms. The van der Waals surface area contributed by atoms with Gasteiger partial charge in [-0.05, 0) is 31.1 Å². The summed E-state index contributed by atoms with van der Waals surface area (Å²) in [7, 11) is 0. The van der Waals surface area contributed by atoms with Gasteiger partial charge in [-0.15, -0.1) is 0 Å². The summed E-state index contributed by atoms with van der Waals surface area (Å²) in [4.78, 5) is 10.8. The summed E-state index contributed by atoms with van der Waals surface area (Å²) in [5.74, 6) is -0.679. The van der Waals surface area contributed by atoms with Crippen LogP contribution in [0.25, 0.3) is 0 Å². The van der Waals surface area contributed by atoms with E-state index in [-0.39, 0.29) is 17.8 Å². The van der Waals surface area contributed by atoms with Gasteiger partial charge in [0, 0.05) is 0 Å². The normalized spacial score (nSPS) is 44.2. The van der Waals surface area contributed by atoms with E-state index in [4.69, 9.17) is 10.4 Å². The Morgan fingerprint density at radius 1 is 1.42 bits per heavy atom. The molecule has 3 nitrogen and oxygen atoms in total. The van der Waals surface area contributed by atoms with Gasteiger partial charge in [-0.25, -0.2) is 0 Å². The van der Waals surface area contributed by atoms with E-state index in [2.05, 4.69) is 6.07 Å². The number of hydrogen-bond acceptors (Lipinski definition) is 2. The molecule has 2 rings (SSSR count). The third kappa shape index (κ3) is 0.842. The zero-order valence-corrected chi connectivity index (χ0v) is 6.73. The summed E-state index contributed by atoms with van der Waals surface area (Å²) in [6.45, 7) is 0. The van der Waals surface area contributed by atoms with E-state index in [0.717, 1.165) is 19.3 Å². The minimum absolute atomic E-state index is 0.207. The molecule has 0 aromatic carbocycles. The van der Waals surface area contributed by atoms with E-state index in [1.807, 2.05) is 0 Å². The molecule has 0 unspecified atom stereocenters. The van der Waals surface area contributed by atoms with E-state index in [1.165, 1.54) is 0 Å². The van der Waals surface area contributed by atoms with Gasteiger partial charge in [-0.2, -0.15) is 5.26 Å². The summed E-state index contributed by atoms with van der Waals surface area (Å²) in [6.07, 6.45) is 3.04. The summed E-state index contributed by atoms with van der Waals surface area (Å²) >= 11 is 0. The Morgan fingerprint density at radius 3 is 2.58 bits per heavy atom. The number of rotatable bonds is 1. The van der Waals surface area contributed by atoms with Crippen LogP contribution in [0.4, 0.5) is 0 Å². The number of carboxylic acids is 1. The topological polar surface area (TPSA) is 61.1 Å². The monoisotopic (exact) mass is 165 g/mol. The van der Waals surface area contributed by atoms with E-state index in [0.29, 0.717) is 5.92 Å². The van der Waals surface area contributed by atoms with Crippen molar-refractivity contribution in [2.75, 3.05) is 0 Å². The maximum atomic E-state index is 10.8. The Balaban J connectivity index is 2.23. The van der Waals surface area contributed by atoms with Crippen LogP contribution < -0.4 is 0 Å². The molecule has 64 valence electrons. The Hall–Kier alpha value is -1.04.